The Morgan fingerprint density at radius 3 is 2.83 bits per heavy atom. The van der Waals surface area contributed by atoms with Crippen LogP contribution in [0.15, 0.2) is 18.2 Å². The quantitative estimate of drug-likeness (QED) is 0.920. The summed E-state index contributed by atoms with van der Waals surface area (Å²) >= 11 is 0. The highest BCUT2D eigenvalue weighted by molar-refractivity contribution is 5.80. The minimum absolute atomic E-state index is 0.000765. The van der Waals surface area contributed by atoms with Gasteiger partial charge in [-0.3, -0.25) is 4.79 Å². The maximum absolute atomic E-state index is 13.5. The van der Waals surface area contributed by atoms with Crippen molar-refractivity contribution in [2.75, 3.05) is 13.7 Å². The Balaban J connectivity index is 1.73. The number of hydrogen-bond acceptors (Lipinski definition) is 3. The van der Waals surface area contributed by atoms with Crippen LogP contribution in [0.5, 0.6) is 5.75 Å². The Morgan fingerprint density at radius 1 is 1.29 bits per heavy atom. The largest absolute Gasteiger partial charge is 0.496 e. The van der Waals surface area contributed by atoms with E-state index in [0.29, 0.717) is 11.3 Å². The predicted octanol–water partition coefficient (Wildman–Crippen LogP) is 2.92. The molecule has 3 atom stereocenters. The monoisotopic (exact) mass is 335 g/mol. The Labute approximate surface area is 142 Å². The smallest absolute Gasteiger partial charge is 0.227 e. The molecule has 132 valence electrons. The Kier molecular flexibility index (Phi) is 5.39. The summed E-state index contributed by atoms with van der Waals surface area (Å²) in [6, 6.07) is 4.39. The highest BCUT2D eigenvalue weighted by Crippen LogP contribution is 2.35. The van der Waals surface area contributed by atoms with Gasteiger partial charge in [0.15, 0.2) is 0 Å². The van der Waals surface area contributed by atoms with Crippen molar-refractivity contribution in [2.24, 2.45) is 5.92 Å². The molecular formula is C19H26FNO3. The number of aliphatic hydroxyl groups is 1. The molecule has 1 amide bonds. The highest BCUT2D eigenvalue weighted by atomic mass is 19.1. The van der Waals surface area contributed by atoms with Gasteiger partial charge in [-0.1, -0.05) is 12.8 Å². The molecule has 0 radical (unpaired) electrons. The fourth-order valence-electron chi connectivity index (χ4n) is 4.29. The van der Waals surface area contributed by atoms with E-state index >= 15 is 0 Å². The third-order valence-corrected chi connectivity index (χ3v) is 5.48. The zero-order valence-electron chi connectivity index (χ0n) is 14.2. The molecule has 3 unspecified atom stereocenters. The van der Waals surface area contributed by atoms with Crippen molar-refractivity contribution in [1.82, 2.24) is 4.90 Å². The Bertz CT molecular complexity index is 592. The molecule has 0 aromatic heterocycles. The van der Waals surface area contributed by atoms with Gasteiger partial charge in [0.05, 0.1) is 19.6 Å². The summed E-state index contributed by atoms with van der Waals surface area (Å²) in [6.07, 6.45) is 5.77. The topological polar surface area (TPSA) is 49.8 Å². The van der Waals surface area contributed by atoms with E-state index in [9.17, 15) is 14.3 Å². The number of halogens is 1. The Morgan fingerprint density at radius 2 is 2.08 bits per heavy atom. The number of nitrogens with zero attached hydrogens (tertiary/aromatic N) is 1. The number of aliphatic hydroxyl groups excluding tert-OH is 1. The number of likely N-dealkylation sites (tertiary alicyclic amines) is 1. The maximum atomic E-state index is 13.5. The van der Waals surface area contributed by atoms with Gasteiger partial charge in [-0.05, 0) is 43.9 Å². The summed E-state index contributed by atoms with van der Waals surface area (Å²) in [4.78, 5) is 14.7. The molecule has 1 aromatic carbocycles. The van der Waals surface area contributed by atoms with Crippen molar-refractivity contribution in [3.8, 4) is 5.75 Å². The van der Waals surface area contributed by atoms with Crippen molar-refractivity contribution >= 4 is 5.91 Å². The van der Waals surface area contributed by atoms with Gasteiger partial charge in [-0.25, -0.2) is 4.39 Å². The number of benzene rings is 1. The number of hydrogen-bond donors (Lipinski definition) is 1. The first-order chi connectivity index (χ1) is 11.6. The van der Waals surface area contributed by atoms with E-state index in [1.165, 1.54) is 19.2 Å². The molecule has 1 saturated heterocycles. The van der Waals surface area contributed by atoms with Crippen molar-refractivity contribution in [3.63, 3.8) is 0 Å². The molecule has 4 nitrogen and oxygen atoms in total. The minimum atomic E-state index is -0.362. The molecule has 1 aliphatic carbocycles. The summed E-state index contributed by atoms with van der Waals surface area (Å²) in [6.45, 7) is 0.727. The predicted molar refractivity (Wildman–Crippen MR) is 89.4 cm³/mol. The van der Waals surface area contributed by atoms with Crippen molar-refractivity contribution < 1.29 is 19.0 Å². The number of rotatable bonds is 4. The lowest BCUT2D eigenvalue weighted by atomic mass is 9.80. The van der Waals surface area contributed by atoms with E-state index in [-0.39, 0.29) is 36.2 Å². The van der Waals surface area contributed by atoms with Gasteiger partial charge in [-0.2, -0.15) is 0 Å². The van der Waals surface area contributed by atoms with Crippen LogP contribution in [0.3, 0.4) is 0 Å². The fraction of sp³-hybridized carbons (Fsp3) is 0.632. The first-order valence-electron chi connectivity index (χ1n) is 8.90. The third-order valence-electron chi connectivity index (χ3n) is 5.48. The molecule has 2 fully saturated rings. The van der Waals surface area contributed by atoms with E-state index in [0.717, 1.165) is 45.1 Å². The van der Waals surface area contributed by atoms with E-state index in [1.807, 2.05) is 4.90 Å². The van der Waals surface area contributed by atoms with Crippen LogP contribution in [-0.4, -0.2) is 41.7 Å². The van der Waals surface area contributed by atoms with E-state index in [1.54, 1.807) is 6.07 Å². The van der Waals surface area contributed by atoms with Gasteiger partial charge in [0, 0.05) is 24.1 Å². The first-order valence-corrected chi connectivity index (χ1v) is 8.90. The average Bonchev–Trinajstić information content (AvgIpc) is 3.05. The summed E-state index contributed by atoms with van der Waals surface area (Å²) in [5, 5.41) is 10.3. The molecule has 1 aromatic rings. The number of carbonyl (C=O) groups excluding carboxylic acids is 1. The average molecular weight is 335 g/mol. The normalized spacial score (nSPS) is 27.3. The van der Waals surface area contributed by atoms with Gasteiger partial charge in [-0.15, -0.1) is 0 Å². The van der Waals surface area contributed by atoms with E-state index in [2.05, 4.69) is 0 Å². The van der Waals surface area contributed by atoms with Crippen LogP contribution in [-0.2, 0) is 11.2 Å². The van der Waals surface area contributed by atoms with Crippen LogP contribution in [0.4, 0.5) is 4.39 Å². The SMILES string of the molecule is COc1ccc(F)cc1CC(=O)N1CCCC1C1CCCCC1O. The second kappa shape index (κ2) is 7.51. The molecule has 1 heterocycles. The van der Waals surface area contributed by atoms with Crippen LogP contribution >= 0.6 is 0 Å². The molecule has 24 heavy (non-hydrogen) atoms. The van der Waals surface area contributed by atoms with E-state index < -0.39 is 0 Å². The molecule has 5 heteroatoms. The number of ether oxygens (including phenoxy) is 1. The number of carbonyl (C=O) groups is 1. The van der Waals surface area contributed by atoms with Crippen LogP contribution in [0.25, 0.3) is 0 Å². The highest BCUT2D eigenvalue weighted by Gasteiger charge is 2.38. The van der Waals surface area contributed by atoms with Gasteiger partial charge >= 0.3 is 0 Å². The maximum Gasteiger partial charge on any atom is 0.227 e. The van der Waals surface area contributed by atoms with Crippen LogP contribution < -0.4 is 4.74 Å². The van der Waals surface area contributed by atoms with Gasteiger partial charge < -0.3 is 14.7 Å². The number of methoxy groups -OCH3 is 1. The molecule has 1 aliphatic heterocycles. The fourth-order valence-corrected chi connectivity index (χ4v) is 4.29. The summed E-state index contributed by atoms with van der Waals surface area (Å²) in [5.41, 5.74) is 0.581. The van der Waals surface area contributed by atoms with Crippen LogP contribution in [0, 0.1) is 11.7 Å². The molecule has 0 spiro atoms. The molecular weight excluding hydrogens is 309 g/mol. The summed E-state index contributed by atoms with van der Waals surface area (Å²) in [5.74, 6) is 0.358. The van der Waals surface area contributed by atoms with Crippen molar-refractivity contribution in [3.05, 3.63) is 29.6 Å². The lowest BCUT2D eigenvalue weighted by Crippen LogP contribution is -2.45. The standard InChI is InChI=1S/C19H26FNO3/c1-24-18-9-8-14(20)11-13(18)12-19(23)21-10-4-6-16(21)15-5-2-3-7-17(15)22/h8-9,11,15-17,22H,2-7,10,12H2,1H3. The van der Waals surface area contributed by atoms with Crippen molar-refractivity contribution in [1.29, 1.82) is 0 Å². The second-order valence-corrected chi connectivity index (χ2v) is 6.95. The van der Waals surface area contributed by atoms with Gasteiger partial charge in [0.25, 0.3) is 0 Å². The van der Waals surface area contributed by atoms with E-state index in [4.69, 9.17) is 4.74 Å². The van der Waals surface area contributed by atoms with Gasteiger partial charge in [0.1, 0.15) is 11.6 Å². The number of amides is 1. The van der Waals surface area contributed by atoms with Crippen molar-refractivity contribution in [2.45, 2.75) is 57.1 Å². The zero-order valence-corrected chi connectivity index (χ0v) is 14.2. The lowest BCUT2D eigenvalue weighted by Gasteiger charge is -2.37. The minimum Gasteiger partial charge on any atom is -0.496 e. The molecule has 2 aliphatic rings. The second-order valence-electron chi connectivity index (χ2n) is 6.95. The lowest BCUT2D eigenvalue weighted by molar-refractivity contribution is -0.133. The third kappa shape index (κ3) is 3.56. The summed E-state index contributed by atoms with van der Waals surface area (Å²) < 4.78 is 18.8. The van der Waals surface area contributed by atoms with Crippen LogP contribution in [0.2, 0.25) is 0 Å². The molecule has 1 N–H and O–H groups in total. The summed E-state index contributed by atoms with van der Waals surface area (Å²) in [7, 11) is 1.53. The zero-order chi connectivity index (χ0) is 17.1. The first kappa shape index (κ1) is 17.2. The molecule has 0 bridgehead atoms. The molecule has 3 rings (SSSR count). The Hall–Kier alpha value is -1.62. The van der Waals surface area contributed by atoms with Gasteiger partial charge in [0.2, 0.25) is 5.91 Å². The van der Waals surface area contributed by atoms with Crippen LogP contribution in [0.1, 0.15) is 44.1 Å². The molecule has 1 saturated carbocycles.